The molecule has 0 aliphatic rings. The second-order valence-corrected chi connectivity index (χ2v) is 5.76. The Balaban J connectivity index is 2.10. The monoisotopic (exact) mass is 357 g/mol. The van der Waals surface area contributed by atoms with Crippen LogP contribution in [0.4, 0.5) is 5.69 Å². The van der Waals surface area contributed by atoms with Gasteiger partial charge in [-0.15, -0.1) is 0 Å². The number of ether oxygens (including phenoxy) is 2. The van der Waals surface area contributed by atoms with Crippen LogP contribution < -0.4 is 14.8 Å². The standard InChI is InChI=1S/C20H23NO5/c1-3-12-26-18-13-16(25-2)9-10-17(18)20(24)21-15-7-4-14(5-8-15)6-11-19(22)23/h4-5,7-10,13H,3,6,11-12H2,1-2H3,(H,21,24)(H,22,23). The molecule has 2 rings (SSSR count). The average molecular weight is 357 g/mol. The number of nitrogens with one attached hydrogen (secondary N) is 1. The highest BCUT2D eigenvalue weighted by molar-refractivity contribution is 6.06. The molecule has 0 spiro atoms. The minimum absolute atomic E-state index is 0.0790. The number of aliphatic carboxylic acids is 1. The molecule has 2 aromatic rings. The first-order chi connectivity index (χ1) is 12.5. The van der Waals surface area contributed by atoms with Gasteiger partial charge in [-0.05, 0) is 42.7 Å². The first kappa shape index (κ1) is 19.3. The number of hydrogen-bond acceptors (Lipinski definition) is 4. The van der Waals surface area contributed by atoms with Gasteiger partial charge in [-0.25, -0.2) is 0 Å². The van der Waals surface area contributed by atoms with E-state index in [0.29, 0.717) is 35.8 Å². The molecule has 0 atom stereocenters. The Hall–Kier alpha value is -3.02. The highest BCUT2D eigenvalue weighted by Crippen LogP contribution is 2.26. The smallest absolute Gasteiger partial charge is 0.303 e. The molecule has 0 aliphatic heterocycles. The van der Waals surface area contributed by atoms with E-state index in [4.69, 9.17) is 14.6 Å². The first-order valence-electron chi connectivity index (χ1n) is 8.46. The van der Waals surface area contributed by atoms with Crippen molar-refractivity contribution in [2.24, 2.45) is 0 Å². The quantitative estimate of drug-likeness (QED) is 0.714. The minimum Gasteiger partial charge on any atom is -0.497 e. The molecule has 0 saturated heterocycles. The Morgan fingerprint density at radius 3 is 2.46 bits per heavy atom. The number of aryl methyl sites for hydroxylation is 1. The molecule has 0 radical (unpaired) electrons. The lowest BCUT2D eigenvalue weighted by Crippen LogP contribution is -2.14. The summed E-state index contributed by atoms with van der Waals surface area (Å²) < 4.78 is 10.9. The number of carboxylic acids is 1. The summed E-state index contributed by atoms with van der Waals surface area (Å²) in [5.41, 5.74) is 1.96. The molecule has 0 aromatic heterocycles. The van der Waals surface area contributed by atoms with Crippen LogP contribution in [0.1, 0.15) is 35.7 Å². The van der Waals surface area contributed by atoms with E-state index in [2.05, 4.69) is 5.32 Å². The Morgan fingerprint density at radius 2 is 1.85 bits per heavy atom. The zero-order chi connectivity index (χ0) is 18.9. The zero-order valence-corrected chi connectivity index (χ0v) is 15.0. The van der Waals surface area contributed by atoms with Crippen molar-refractivity contribution >= 4 is 17.6 Å². The molecule has 138 valence electrons. The molecule has 6 heteroatoms. The van der Waals surface area contributed by atoms with Crippen molar-refractivity contribution in [1.82, 2.24) is 0 Å². The lowest BCUT2D eigenvalue weighted by atomic mass is 10.1. The third-order valence-corrected chi connectivity index (χ3v) is 3.73. The van der Waals surface area contributed by atoms with Crippen molar-refractivity contribution in [3.8, 4) is 11.5 Å². The number of rotatable bonds is 9. The van der Waals surface area contributed by atoms with Gasteiger partial charge in [0.2, 0.25) is 0 Å². The number of anilines is 1. The van der Waals surface area contributed by atoms with Crippen LogP contribution in [0.25, 0.3) is 0 Å². The van der Waals surface area contributed by atoms with E-state index in [0.717, 1.165) is 12.0 Å². The van der Waals surface area contributed by atoms with E-state index >= 15 is 0 Å². The predicted molar refractivity (Wildman–Crippen MR) is 99.1 cm³/mol. The van der Waals surface area contributed by atoms with Gasteiger partial charge in [0.1, 0.15) is 11.5 Å². The van der Waals surface area contributed by atoms with Gasteiger partial charge in [-0.3, -0.25) is 9.59 Å². The molecule has 2 N–H and O–H groups in total. The summed E-state index contributed by atoms with van der Waals surface area (Å²) in [5, 5.41) is 11.6. The van der Waals surface area contributed by atoms with E-state index in [1.807, 2.05) is 6.92 Å². The zero-order valence-electron chi connectivity index (χ0n) is 15.0. The van der Waals surface area contributed by atoms with Crippen LogP contribution in [0.15, 0.2) is 42.5 Å². The van der Waals surface area contributed by atoms with Crippen LogP contribution in [0, 0.1) is 0 Å². The number of amides is 1. The van der Waals surface area contributed by atoms with E-state index in [1.165, 1.54) is 0 Å². The summed E-state index contributed by atoms with van der Waals surface area (Å²) >= 11 is 0. The number of carbonyl (C=O) groups excluding carboxylic acids is 1. The van der Waals surface area contributed by atoms with Gasteiger partial charge in [0.05, 0.1) is 19.3 Å². The minimum atomic E-state index is -0.832. The Bertz CT molecular complexity index is 755. The fourth-order valence-electron chi connectivity index (χ4n) is 2.35. The number of benzene rings is 2. The molecule has 6 nitrogen and oxygen atoms in total. The van der Waals surface area contributed by atoms with Crippen LogP contribution in [0.2, 0.25) is 0 Å². The van der Waals surface area contributed by atoms with Crippen LogP contribution in [-0.2, 0) is 11.2 Å². The highest BCUT2D eigenvalue weighted by atomic mass is 16.5. The third-order valence-electron chi connectivity index (χ3n) is 3.73. The van der Waals surface area contributed by atoms with Crippen molar-refractivity contribution in [2.45, 2.75) is 26.2 Å². The molecule has 0 unspecified atom stereocenters. The van der Waals surface area contributed by atoms with Crippen molar-refractivity contribution < 1.29 is 24.2 Å². The Labute approximate surface area is 152 Å². The molecule has 0 saturated carbocycles. The molecule has 0 bridgehead atoms. The van der Waals surface area contributed by atoms with Gasteiger partial charge in [-0.1, -0.05) is 19.1 Å². The summed E-state index contributed by atoms with van der Waals surface area (Å²) in [4.78, 5) is 23.2. The summed E-state index contributed by atoms with van der Waals surface area (Å²) in [7, 11) is 1.56. The van der Waals surface area contributed by atoms with Crippen molar-refractivity contribution in [1.29, 1.82) is 0 Å². The maximum absolute atomic E-state index is 12.6. The van der Waals surface area contributed by atoms with Gasteiger partial charge >= 0.3 is 5.97 Å². The van der Waals surface area contributed by atoms with Gasteiger partial charge in [-0.2, -0.15) is 0 Å². The number of methoxy groups -OCH3 is 1. The Kier molecular flexibility index (Phi) is 7.02. The number of carbonyl (C=O) groups is 2. The predicted octanol–water partition coefficient (Wildman–Crippen LogP) is 3.75. The van der Waals surface area contributed by atoms with Gasteiger partial charge in [0.25, 0.3) is 5.91 Å². The van der Waals surface area contributed by atoms with E-state index < -0.39 is 5.97 Å². The van der Waals surface area contributed by atoms with Crippen molar-refractivity contribution in [2.75, 3.05) is 19.0 Å². The maximum atomic E-state index is 12.6. The van der Waals surface area contributed by atoms with Crippen LogP contribution in [-0.4, -0.2) is 30.7 Å². The molecular weight excluding hydrogens is 334 g/mol. The number of carboxylic acid groups (broad SMARTS) is 1. The average Bonchev–Trinajstić information content (AvgIpc) is 2.65. The van der Waals surface area contributed by atoms with Gasteiger partial charge in [0.15, 0.2) is 0 Å². The SMILES string of the molecule is CCCOc1cc(OC)ccc1C(=O)Nc1ccc(CCC(=O)O)cc1. The Morgan fingerprint density at radius 1 is 1.12 bits per heavy atom. The molecule has 0 aliphatic carbocycles. The fraction of sp³-hybridized carbons (Fsp3) is 0.300. The molecule has 26 heavy (non-hydrogen) atoms. The van der Waals surface area contributed by atoms with Gasteiger partial charge in [0, 0.05) is 18.2 Å². The summed E-state index contributed by atoms with van der Waals surface area (Å²) in [5.74, 6) is -0.0178. The lowest BCUT2D eigenvalue weighted by molar-refractivity contribution is -0.136. The first-order valence-corrected chi connectivity index (χ1v) is 8.46. The maximum Gasteiger partial charge on any atom is 0.303 e. The van der Waals surface area contributed by atoms with E-state index in [-0.39, 0.29) is 12.3 Å². The highest BCUT2D eigenvalue weighted by Gasteiger charge is 2.14. The van der Waals surface area contributed by atoms with E-state index in [9.17, 15) is 9.59 Å². The second-order valence-electron chi connectivity index (χ2n) is 5.76. The van der Waals surface area contributed by atoms with E-state index in [1.54, 1.807) is 49.6 Å². The second kappa shape index (κ2) is 9.46. The molecule has 0 heterocycles. The fourth-order valence-corrected chi connectivity index (χ4v) is 2.35. The molecular formula is C20H23NO5. The van der Waals surface area contributed by atoms with Crippen molar-refractivity contribution in [3.05, 3.63) is 53.6 Å². The van der Waals surface area contributed by atoms with Crippen molar-refractivity contribution in [3.63, 3.8) is 0 Å². The third kappa shape index (κ3) is 5.51. The normalized spacial score (nSPS) is 10.2. The van der Waals surface area contributed by atoms with Crippen LogP contribution >= 0.6 is 0 Å². The summed E-state index contributed by atoms with van der Waals surface area (Å²) in [6, 6.07) is 12.2. The van der Waals surface area contributed by atoms with Crippen LogP contribution in [0.3, 0.4) is 0 Å². The molecule has 0 fully saturated rings. The number of hydrogen-bond donors (Lipinski definition) is 2. The summed E-state index contributed by atoms with van der Waals surface area (Å²) in [6.07, 6.45) is 1.36. The molecule has 1 amide bonds. The van der Waals surface area contributed by atoms with Crippen LogP contribution in [0.5, 0.6) is 11.5 Å². The lowest BCUT2D eigenvalue weighted by Gasteiger charge is -2.13. The van der Waals surface area contributed by atoms with Gasteiger partial charge < -0.3 is 19.9 Å². The molecule has 2 aromatic carbocycles. The summed E-state index contributed by atoms with van der Waals surface area (Å²) in [6.45, 7) is 2.50. The largest absolute Gasteiger partial charge is 0.497 e. The topological polar surface area (TPSA) is 84.9 Å².